The first-order valence-corrected chi connectivity index (χ1v) is 8.13. The number of unbranched alkanes of at least 4 members (excludes halogenated alkanes) is 4. The maximum atomic E-state index is 10.3. The summed E-state index contributed by atoms with van der Waals surface area (Å²) in [7, 11) is 0. The van der Waals surface area contributed by atoms with Crippen molar-refractivity contribution in [1.82, 2.24) is 0 Å². The van der Waals surface area contributed by atoms with Crippen molar-refractivity contribution in [3.63, 3.8) is 0 Å². The molecule has 0 aromatic rings. The van der Waals surface area contributed by atoms with Crippen molar-refractivity contribution >= 4 is 5.97 Å². The van der Waals surface area contributed by atoms with Gasteiger partial charge in [-0.25, -0.2) is 0 Å². The van der Waals surface area contributed by atoms with E-state index >= 15 is 0 Å². The molecule has 0 spiro atoms. The molecule has 0 amide bonds. The molecule has 0 saturated heterocycles. The Labute approximate surface area is 130 Å². The molecule has 1 unspecified atom stereocenters. The molecule has 2 heteroatoms. The molecule has 1 N–H and O–H groups in total. The normalized spacial score (nSPS) is 11.9. The zero-order valence-corrected chi connectivity index (χ0v) is 13.4. The Morgan fingerprint density at radius 3 is 2.67 bits per heavy atom. The van der Waals surface area contributed by atoms with Gasteiger partial charge in [0.2, 0.25) is 0 Å². The number of rotatable bonds is 12. The van der Waals surface area contributed by atoms with Crippen LogP contribution in [0.3, 0.4) is 0 Å². The summed E-state index contributed by atoms with van der Waals surface area (Å²) < 4.78 is 0. The number of carbonyl (C=O) groups is 1. The minimum absolute atomic E-state index is 0.211. The smallest absolute Gasteiger partial charge is 0.303 e. The molecule has 0 bridgehead atoms. The summed E-state index contributed by atoms with van der Waals surface area (Å²) in [5.74, 6) is 6.00. The third-order valence-electron chi connectivity index (χ3n) is 3.42. The zero-order valence-electron chi connectivity index (χ0n) is 13.4. The Morgan fingerprint density at radius 2 is 1.95 bits per heavy atom. The van der Waals surface area contributed by atoms with E-state index in [4.69, 9.17) is 5.11 Å². The van der Waals surface area contributed by atoms with Gasteiger partial charge in [0.1, 0.15) is 0 Å². The summed E-state index contributed by atoms with van der Waals surface area (Å²) in [6.45, 7) is 6.08. The van der Waals surface area contributed by atoms with Crippen LogP contribution in [0.5, 0.6) is 0 Å². The van der Waals surface area contributed by atoms with Crippen molar-refractivity contribution in [2.45, 2.75) is 71.1 Å². The van der Waals surface area contributed by atoms with Crippen molar-refractivity contribution in [3.8, 4) is 11.8 Å². The minimum Gasteiger partial charge on any atom is -0.481 e. The quantitative estimate of drug-likeness (QED) is 0.299. The topological polar surface area (TPSA) is 37.3 Å². The molecular formula is C19H30O2. The Balaban J connectivity index is 3.44. The second-order valence-corrected chi connectivity index (χ2v) is 5.58. The molecule has 118 valence electrons. The Morgan fingerprint density at radius 1 is 1.19 bits per heavy atom. The van der Waals surface area contributed by atoms with E-state index in [1.807, 2.05) is 12.2 Å². The average Bonchev–Trinajstić information content (AvgIpc) is 2.45. The molecule has 0 aromatic carbocycles. The van der Waals surface area contributed by atoms with Crippen LogP contribution in [0.25, 0.3) is 0 Å². The first kappa shape index (κ1) is 19.5. The van der Waals surface area contributed by atoms with E-state index in [0.717, 1.165) is 18.8 Å². The summed E-state index contributed by atoms with van der Waals surface area (Å²) in [5.41, 5.74) is 0. The molecule has 0 aliphatic heterocycles. The molecule has 0 saturated carbocycles. The summed E-state index contributed by atoms with van der Waals surface area (Å²) in [5, 5.41) is 8.47. The lowest BCUT2D eigenvalue weighted by Crippen LogP contribution is -1.94. The highest BCUT2D eigenvalue weighted by atomic mass is 16.4. The first-order valence-electron chi connectivity index (χ1n) is 8.13. The van der Waals surface area contributed by atoms with E-state index in [1.54, 1.807) is 0 Å². The summed E-state index contributed by atoms with van der Waals surface area (Å²) in [4.78, 5) is 10.3. The number of hydrogen-bond acceptors (Lipinski definition) is 1. The SMILES string of the molecule is C=CCCCCC(C)CCC/C=C\C#CCCCC(=O)O. The summed E-state index contributed by atoms with van der Waals surface area (Å²) in [6.07, 6.45) is 16.2. The van der Waals surface area contributed by atoms with Crippen molar-refractivity contribution in [1.29, 1.82) is 0 Å². The van der Waals surface area contributed by atoms with Crippen LogP contribution < -0.4 is 0 Å². The second kappa shape index (κ2) is 14.9. The monoisotopic (exact) mass is 290 g/mol. The van der Waals surface area contributed by atoms with Crippen LogP contribution in [-0.2, 0) is 4.79 Å². The molecular weight excluding hydrogens is 260 g/mol. The lowest BCUT2D eigenvalue weighted by Gasteiger charge is -2.09. The predicted molar refractivity (Wildman–Crippen MR) is 90.1 cm³/mol. The van der Waals surface area contributed by atoms with Crippen LogP contribution >= 0.6 is 0 Å². The number of hydrogen-bond donors (Lipinski definition) is 1. The fourth-order valence-electron chi connectivity index (χ4n) is 2.11. The molecule has 21 heavy (non-hydrogen) atoms. The lowest BCUT2D eigenvalue weighted by molar-refractivity contribution is -0.137. The second-order valence-electron chi connectivity index (χ2n) is 5.58. The molecule has 0 rings (SSSR count). The Kier molecular flexibility index (Phi) is 13.9. The highest BCUT2D eigenvalue weighted by Crippen LogP contribution is 2.16. The molecule has 0 aliphatic rings. The van der Waals surface area contributed by atoms with Crippen molar-refractivity contribution in [2.24, 2.45) is 5.92 Å². The molecule has 2 nitrogen and oxygen atoms in total. The van der Waals surface area contributed by atoms with E-state index in [1.165, 1.54) is 32.1 Å². The summed E-state index contributed by atoms with van der Waals surface area (Å²) in [6, 6.07) is 0. The van der Waals surface area contributed by atoms with Gasteiger partial charge in [-0.3, -0.25) is 4.79 Å². The molecule has 0 fully saturated rings. The van der Waals surface area contributed by atoms with Crippen molar-refractivity contribution in [3.05, 3.63) is 24.8 Å². The van der Waals surface area contributed by atoms with E-state index < -0.39 is 5.97 Å². The number of carboxylic acids is 1. The largest absolute Gasteiger partial charge is 0.481 e. The van der Waals surface area contributed by atoms with Crippen molar-refractivity contribution in [2.75, 3.05) is 0 Å². The number of allylic oxidation sites excluding steroid dienone is 3. The summed E-state index contributed by atoms with van der Waals surface area (Å²) >= 11 is 0. The fourth-order valence-corrected chi connectivity index (χ4v) is 2.11. The molecule has 0 aliphatic carbocycles. The van der Waals surface area contributed by atoms with Gasteiger partial charge in [-0.1, -0.05) is 50.2 Å². The van der Waals surface area contributed by atoms with Crippen molar-refractivity contribution < 1.29 is 9.90 Å². The van der Waals surface area contributed by atoms with Crippen LogP contribution in [0, 0.1) is 17.8 Å². The number of carboxylic acid groups (broad SMARTS) is 1. The van der Waals surface area contributed by atoms with Crippen LogP contribution in [0.1, 0.15) is 71.1 Å². The average molecular weight is 290 g/mol. The van der Waals surface area contributed by atoms with Gasteiger partial charge in [0.25, 0.3) is 0 Å². The maximum Gasteiger partial charge on any atom is 0.303 e. The van der Waals surface area contributed by atoms with Crippen LogP contribution in [0.4, 0.5) is 0 Å². The van der Waals surface area contributed by atoms with Crippen LogP contribution in [0.15, 0.2) is 24.8 Å². The van der Waals surface area contributed by atoms with Gasteiger partial charge >= 0.3 is 5.97 Å². The highest BCUT2D eigenvalue weighted by molar-refractivity contribution is 5.66. The van der Waals surface area contributed by atoms with E-state index in [-0.39, 0.29) is 6.42 Å². The zero-order chi connectivity index (χ0) is 15.8. The standard InChI is InChI=1S/C19H30O2/c1-3-4-5-12-15-18(2)16-13-10-8-6-7-9-11-14-17-19(20)21/h3,6,8,18H,1,4-5,10-17H2,2H3,(H,20,21)/b8-6-. The Hall–Kier alpha value is -1.49. The van der Waals surface area contributed by atoms with E-state index in [0.29, 0.717) is 12.8 Å². The minimum atomic E-state index is -0.744. The molecule has 0 heterocycles. The molecule has 0 aromatic heterocycles. The van der Waals surface area contributed by atoms with Gasteiger partial charge in [0, 0.05) is 12.8 Å². The molecule has 1 atom stereocenters. The van der Waals surface area contributed by atoms with Crippen LogP contribution in [-0.4, -0.2) is 11.1 Å². The number of aliphatic carboxylic acids is 1. The van der Waals surface area contributed by atoms with Gasteiger partial charge in [-0.2, -0.15) is 0 Å². The lowest BCUT2D eigenvalue weighted by atomic mass is 9.97. The van der Waals surface area contributed by atoms with E-state index in [2.05, 4.69) is 31.4 Å². The maximum absolute atomic E-state index is 10.3. The fraction of sp³-hybridized carbons (Fsp3) is 0.632. The third-order valence-corrected chi connectivity index (χ3v) is 3.42. The van der Waals surface area contributed by atoms with E-state index in [9.17, 15) is 4.79 Å². The highest BCUT2D eigenvalue weighted by Gasteiger charge is 2.00. The third kappa shape index (κ3) is 16.5. The Bertz CT molecular complexity index is 357. The van der Waals surface area contributed by atoms with Gasteiger partial charge in [0.05, 0.1) is 0 Å². The van der Waals surface area contributed by atoms with Gasteiger partial charge in [-0.15, -0.1) is 6.58 Å². The molecule has 0 radical (unpaired) electrons. The van der Waals surface area contributed by atoms with Crippen LogP contribution in [0.2, 0.25) is 0 Å². The van der Waals surface area contributed by atoms with Gasteiger partial charge < -0.3 is 5.11 Å². The predicted octanol–water partition coefficient (Wildman–Crippen LogP) is 5.35. The van der Waals surface area contributed by atoms with Gasteiger partial charge in [-0.05, 0) is 44.1 Å². The van der Waals surface area contributed by atoms with Gasteiger partial charge in [0.15, 0.2) is 0 Å². The first-order chi connectivity index (χ1) is 10.2.